The largest absolute Gasteiger partial charge is 0.368 e. The first-order valence-electron chi connectivity index (χ1n) is 11.6. The Labute approximate surface area is 202 Å². The molecule has 0 aromatic carbocycles. The van der Waals surface area contributed by atoms with Crippen molar-refractivity contribution in [1.29, 1.82) is 0 Å². The van der Waals surface area contributed by atoms with E-state index >= 15 is 0 Å². The van der Waals surface area contributed by atoms with Gasteiger partial charge < -0.3 is 24.4 Å². The zero-order valence-electron chi connectivity index (χ0n) is 18.5. The molecule has 174 valence electrons. The van der Waals surface area contributed by atoms with Gasteiger partial charge in [-0.05, 0) is 25.7 Å². The number of hydrogen-bond donors (Lipinski definition) is 1. The lowest BCUT2D eigenvalue weighted by molar-refractivity contribution is -0.142. The molecule has 10 heteroatoms. The normalized spacial score (nSPS) is 22.6. The van der Waals surface area contributed by atoms with Crippen LogP contribution in [0.1, 0.15) is 51.3 Å². The SMILES string of the molecule is CCc1nncn1CCN=C(NC1CCCC1)N1CCN(C(=O)C2CCCO2)CC1.I. The Kier molecular flexibility index (Phi) is 9.36. The molecule has 3 fully saturated rings. The summed E-state index contributed by atoms with van der Waals surface area (Å²) in [5, 5.41) is 11.9. The van der Waals surface area contributed by atoms with Crippen LogP contribution >= 0.6 is 24.0 Å². The molecule has 1 atom stereocenters. The molecule has 2 aliphatic heterocycles. The van der Waals surface area contributed by atoms with Crippen molar-refractivity contribution < 1.29 is 9.53 Å². The predicted molar refractivity (Wildman–Crippen MR) is 130 cm³/mol. The van der Waals surface area contributed by atoms with Gasteiger partial charge in [-0.25, -0.2) is 0 Å². The molecule has 4 rings (SSSR count). The number of aryl methyl sites for hydroxylation is 1. The van der Waals surface area contributed by atoms with Crippen LogP contribution in [0.3, 0.4) is 0 Å². The molecule has 1 aromatic rings. The highest BCUT2D eigenvalue weighted by Gasteiger charge is 2.31. The van der Waals surface area contributed by atoms with Crippen LogP contribution in [0.2, 0.25) is 0 Å². The number of amides is 1. The van der Waals surface area contributed by atoms with E-state index in [1.54, 1.807) is 6.33 Å². The van der Waals surface area contributed by atoms with E-state index in [2.05, 4.69) is 31.9 Å². The molecule has 1 amide bonds. The fourth-order valence-electron chi connectivity index (χ4n) is 4.61. The molecule has 1 saturated carbocycles. The highest BCUT2D eigenvalue weighted by atomic mass is 127. The van der Waals surface area contributed by atoms with Gasteiger partial charge in [-0.3, -0.25) is 9.79 Å². The summed E-state index contributed by atoms with van der Waals surface area (Å²) < 4.78 is 7.66. The number of aromatic nitrogens is 3. The van der Waals surface area contributed by atoms with Crippen molar-refractivity contribution >= 4 is 35.8 Å². The Morgan fingerprint density at radius 1 is 1.16 bits per heavy atom. The third kappa shape index (κ3) is 6.30. The summed E-state index contributed by atoms with van der Waals surface area (Å²) in [5.74, 6) is 2.14. The molecule has 1 N–H and O–H groups in total. The first-order chi connectivity index (χ1) is 14.7. The molecule has 9 nitrogen and oxygen atoms in total. The Hall–Kier alpha value is -1.43. The zero-order chi connectivity index (χ0) is 20.8. The number of halogens is 1. The highest BCUT2D eigenvalue weighted by Crippen LogP contribution is 2.19. The van der Waals surface area contributed by atoms with Gasteiger partial charge in [-0.1, -0.05) is 19.8 Å². The van der Waals surface area contributed by atoms with E-state index in [4.69, 9.17) is 9.73 Å². The molecular formula is C21H36IN7O2. The number of rotatable bonds is 6. The minimum absolute atomic E-state index is 0. The van der Waals surface area contributed by atoms with E-state index in [1.807, 2.05) is 4.90 Å². The number of aliphatic imine (C=N–C) groups is 1. The molecule has 0 spiro atoms. The van der Waals surface area contributed by atoms with Crippen LogP contribution in [0.5, 0.6) is 0 Å². The molecule has 0 bridgehead atoms. The lowest BCUT2D eigenvalue weighted by atomic mass is 10.2. The number of piperazine rings is 1. The van der Waals surface area contributed by atoms with Crippen molar-refractivity contribution in [1.82, 2.24) is 29.9 Å². The lowest BCUT2D eigenvalue weighted by Gasteiger charge is -2.38. The number of hydrogen-bond acceptors (Lipinski definition) is 5. The summed E-state index contributed by atoms with van der Waals surface area (Å²) >= 11 is 0. The second-order valence-electron chi connectivity index (χ2n) is 8.44. The molecule has 1 aliphatic carbocycles. The van der Waals surface area contributed by atoms with Gasteiger partial charge in [0.15, 0.2) is 5.96 Å². The summed E-state index contributed by atoms with van der Waals surface area (Å²) in [6.45, 7) is 7.36. The molecule has 1 aromatic heterocycles. The fourth-order valence-corrected chi connectivity index (χ4v) is 4.61. The second-order valence-corrected chi connectivity index (χ2v) is 8.44. The Bertz CT molecular complexity index is 721. The first-order valence-corrected chi connectivity index (χ1v) is 11.6. The summed E-state index contributed by atoms with van der Waals surface area (Å²) in [7, 11) is 0. The van der Waals surface area contributed by atoms with Crippen LogP contribution in [0.4, 0.5) is 0 Å². The van der Waals surface area contributed by atoms with E-state index in [1.165, 1.54) is 25.7 Å². The van der Waals surface area contributed by atoms with E-state index in [0.29, 0.717) is 19.2 Å². The second kappa shape index (κ2) is 12.0. The molecular weight excluding hydrogens is 509 g/mol. The minimum atomic E-state index is -0.224. The van der Waals surface area contributed by atoms with E-state index < -0.39 is 0 Å². The van der Waals surface area contributed by atoms with Crippen molar-refractivity contribution in [3.05, 3.63) is 12.2 Å². The van der Waals surface area contributed by atoms with Gasteiger partial charge in [0.2, 0.25) is 0 Å². The standard InChI is InChI=1S/C21H35N7O2.HI/c1-2-19-25-23-16-28(19)10-9-22-21(24-17-6-3-4-7-17)27-13-11-26(12-14-27)20(29)18-8-5-15-30-18;/h16-18H,2-15H2,1H3,(H,22,24);1H. The van der Waals surface area contributed by atoms with Gasteiger partial charge in [0.1, 0.15) is 18.3 Å². The maximum atomic E-state index is 12.6. The summed E-state index contributed by atoms with van der Waals surface area (Å²) in [4.78, 5) is 21.8. The molecule has 3 aliphatic rings. The third-order valence-electron chi connectivity index (χ3n) is 6.40. The first kappa shape index (κ1) is 24.2. The van der Waals surface area contributed by atoms with Crippen molar-refractivity contribution in [2.75, 3.05) is 39.3 Å². The predicted octanol–water partition coefficient (Wildman–Crippen LogP) is 1.67. The van der Waals surface area contributed by atoms with Crippen molar-refractivity contribution in [2.24, 2.45) is 4.99 Å². The van der Waals surface area contributed by atoms with Crippen LogP contribution < -0.4 is 5.32 Å². The number of nitrogens with one attached hydrogen (secondary N) is 1. The lowest BCUT2D eigenvalue weighted by Crippen LogP contribution is -2.56. The van der Waals surface area contributed by atoms with E-state index in [0.717, 1.165) is 63.8 Å². The highest BCUT2D eigenvalue weighted by molar-refractivity contribution is 14.0. The van der Waals surface area contributed by atoms with Crippen LogP contribution in [0, 0.1) is 0 Å². The topological polar surface area (TPSA) is 87.9 Å². The van der Waals surface area contributed by atoms with E-state index in [9.17, 15) is 4.79 Å². The average molecular weight is 545 g/mol. The monoisotopic (exact) mass is 545 g/mol. The van der Waals surface area contributed by atoms with Gasteiger partial charge >= 0.3 is 0 Å². The Morgan fingerprint density at radius 3 is 2.58 bits per heavy atom. The van der Waals surface area contributed by atoms with Crippen LogP contribution in [0.15, 0.2) is 11.3 Å². The van der Waals surface area contributed by atoms with Gasteiger partial charge in [-0.2, -0.15) is 0 Å². The van der Waals surface area contributed by atoms with Crippen LogP contribution in [0.25, 0.3) is 0 Å². The van der Waals surface area contributed by atoms with Gasteiger partial charge in [0, 0.05) is 51.8 Å². The van der Waals surface area contributed by atoms with E-state index in [-0.39, 0.29) is 36.0 Å². The Balaban J connectivity index is 0.00000272. The Morgan fingerprint density at radius 2 is 1.90 bits per heavy atom. The van der Waals surface area contributed by atoms with Crippen molar-refractivity contribution in [3.8, 4) is 0 Å². The zero-order valence-corrected chi connectivity index (χ0v) is 20.9. The summed E-state index contributed by atoms with van der Waals surface area (Å²) in [6, 6.07) is 0.511. The maximum absolute atomic E-state index is 12.6. The third-order valence-corrected chi connectivity index (χ3v) is 6.40. The minimum Gasteiger partial charge on any atom is -0.368 e. The number of ether oxygens (including phenoxy) is 1. The molecule has 1 unspecified atom stereocenters. The number of carbonyl (C=O) groups is 1. The van der Waals surface area contributed by atoms with Crippen molar-refractivity contribution in [2.45, 2.75) is 70.6 Å². The maximum Gasteiger partial charge on any atom is 0.251 e. The molecule has 31 heavy (non-hydrogen) atoms. The number of carbonyl (C=O) groups excluding carboxylic acids is 1. The number of nitrogens with zero attached hydrogens (tertiary/aromatic N) is 6. The molecule has 2 saturated heterocycles. The summed E-state index contributed by atoms with van der Waals surface area (Å²) in [5.41, 5.74) is 0. The van der Waals surface area contributed by atoms with Gasteiger partial charge in [0.25, 0.3) is 5.91 Å². The average Bonchev–Trinajstić information content (AvgIpc) is 3.55. The fraction of sp³-hybridized carbons (Fsp3) is 0.810. The van der Waals surface area contributed by atoms with Crippen molar-refractivity contribution in [3.63, 3.8) is 0 Å². The molecule has 0 radical (unpaired) electrons. The summed E-state index contributed by atoms with van der Waals surface area (Å²) in [6.07, 6.45) is 9.28. The van der Waals surface area contributed by atoms with Gasteiger partial charge in [0.05, 0.1) is 6.54 Å². The smallest absolute Gasteiger partial charge is 0.251 e. The molecule has 3 heterocycles. The number of guanidine groups is 1. The van der Waals surface area contributed by atoms with Crippen LogP contribution in [-0.4, -0.2) is 87.9 Å². The quantitative estimate of drug-likeness (QED) is 0.333. The van der Waals surface area contributed by atoms with Crippen LogP contribution in [-0.2, 0) is 22.5 Å². The van der Waals surface area contributed by atoms with Gasteiger partial charge in [-0.15, -0.1) is 34.2 Å².